The molecular weight excluding hydrogens is 216 g/mol. The first-order valence-electron chi connectivity index (χ1n) is 5.97. The number of benzene rings is 1. The van der Waals surface area contributed by atoms with Crippen molar-refractivity contribution >= 4 is 11.6 Å². The number of ether oxygens (including phenoxy) is 1. The van der Waals surface area contributed by atoms with Crippen LogP contribution in [0.4, 0.5) is 5.69 Å². The number of fused-ring (bicyclic) bond motifs is 1. The minimum absolute atomic E-state index is 0.0388. The van der Waals surface area contributed by atoms with Crippen molar-refractivity contribution in [1.29, 1.82) is 0 Å². The van der Waals surface area contributed by atoms with Crippen LogP contribution in [0.25, 0.3) is 0 Å². The van der Waals surface area contributed by atoms with E-state index in [-0.39, 0.29) is 5.91 Å². The summed E-state index contributed by atoms with van der Waals surface area (Å²) in [5.74, 6) is 0.716. The van der Waals surface area contributed by atoms with Gasteiger partial charge in [-0.15, -0.1) is 0 Å². The van der Waals surface area contributed by atoms with Gasteiger partial charge in [-0.05, 0) is 38.8 Å². The summed E-state index contributed by atoms with van der Waals surface area (Å²) in [7, 11) is 0. The maximum Gasteiger partial charge on any atom is 0.285 e. The maximum absolute atomic E-state index is 12.3. The number of nitrogens with one attached hydrogen (secondary N) is 1. The molecule has 4 heteroatoms. The van der Waals surface area contributed by atoms with E-state index in [4.69, 9.17) is 4.74 Å². The molecule has 4 nitrogen and oxygen atoms in total. The van der Waals surface area contributed by atoms with Gasteiger partial charge in [0.05, 0.1) is 0 Å². The van der Waals surface area contributed by atoms with Gasteiger partial charge in [-0.2, -0.15) is 0 Å². The van der Waals surface area contributed by atoms with Gasteiger partial charge in [-0.25, -0.2) is 10.4 Å². The topological polar surface area (TPSA) is 41.6 Å². The highest BCUT2D eigenvalue weighted by atomic mass is 16.5. The molecule has 1 aliphatic heterocycles. The molecular formula is C13H16N2O2. The molecule has 1 amide bonds. The van der Waals surface area contributed by atoms with E-state index in [0.29, 0.717) is 6.04 Å². The van der Waals surface area contributed by atoms with Crippen LogP contribution in [0.15, 0.2) is 24.3 Å². The molecule has 0 saturated heterocycles. The number of carbonyl (C=O) groups is 1. The number of para-hydroxylation sites is 2. The standard InChI is InChI=1S/C13H16N2O2/c1-13(2)12(16)15(14-9-7-8-9)10-5-3-4-6-11(10)17-13/h3-6,9,14H,7-8H2,1-2H3. The Balaban J connectivity index is 2.01. The fraction of sp³-hybridized carbons (Fsp3) is 0.462. The van der Waals surface area contributed by atoms with Crippen molar-refractivity contribution < 1.29 is 9.53 Å². The van der Waals surface area contributed by atoms with Crippen LogP contribution in [0, 0.1) is 0 Å². The van der Waals surface area contributed by atoms with Gasteiger partial charge >= 0.3 is 0 Å². The largest absolute Gasteiger partial charge is 0.476 e. The van der Waals surface area contributed by atoms with E-state index in [0.717, 1.165) is 24.3 Å². The quantitative estimate of drug-likeness (QED) is 0.846. The van der Waals surface area contributed by atoms with Crippen molar-refractivity contribution in [2.45, 2.75) is 38.3 Å². The summed E-state index contributed by atoms with van der Waals surface area (Å²) in [6.07, 6.45) is 2.26. The number of rotatable bonds is 2. The van der Waals surface area contributed by atoms with Gasteiger partial charge in [0.2, 0.25) is 0 Å². The number of hydrogen-bond donors (Lipinski definition) is 1. The second-order valence-corrected chi connectivity index (χ2v) is 5.12. The van der Waals surface area contributed by atoms with Crippen molar-refractivity contribution in [3.63, 3.8) is 0 Å². The lowest BCUT2D eigenvalue weighted by molar-refractivity contribution is -0.133. The average molecular weight is 232 g/mol. The first kappa shape index (κ1) is 10.6. The molecule has 17 heavy (non-hydrogen) atoms. The van der Waals surface area contributed by atoms with Gasteiger partial charge in [0.1, 0.15) is 11.4 Å². The summed E-state index contributed by atoms with van der Waals surface area (Å²) < 4.78 is 5.73. The number of nitrogens with zero attached hydrogens (tertiary/aromatic N) is 1. The van der Waals surface area contributed by atoms with Gasteiger partial charge in [0, 0.05) is 6.04 Å². The number of hydrazine groups is 1. The lowest BCUT2D eigenvalue weighted by Crippen LogP contribution is -2.58. The third kappa shape index (κ3) is 1.78. The van der Waals surface area contributed by atoms with Crippen LogP contribution in [-0.4, -0.2) is 17.6 Å². The number of amides is 1. The molecule has 1 aromatic carbocycles. The third-order valence-corrected chi connectivity index (χ3v) is 3.08. The van der Waals surface area contributed by atoms with E-state index in [1.165, 1.54) is 0 Å². The first-order chi connectivity index (χ1) is 8.08. The van der Waals surface area contributed by atoms with Crippen LogP contribution in [0.3, 0.4) is 0 Å². The highest BCUT2D eigenvalue weighted by Crippen LogP contribution is 2.37. The van der Waals surface area contributed by atoms with Crippen LogP contribution in [0.1, 0.15) is 26.7 Å². The molecule has 1 saturated carbocycles. The predicted octanol–water partition coefficient (Wildman–Crippen LogP) is 1.86. The minimum atomic E-state index is -0.809. The molecule has 0 radical (unpaired) electrons. The molecule has 90 valence electrons. The van der Waals surface area contributed by atoms with Crippen molar-refractivity contribution in [3.8, 4) is 5.75 Å². The molecule has 0 bridgehead atoms. The molecule has 0 aromatic heterocycles. The number of hydrogen-bond acceptors (Lipinski definition) is 3. The van der Waals surface area contributed by atoms with Crippen LogP contribution >= 0.6 is 0 Å². The van der Waals surface area contributed by atoms with Gasteiger partial charge in [-0.3, -0.25) is 4.79 Å². The Kier molecular flexibility index (Phi) is 2.16. The summed E-state index contributed by atoms with van der Waals surface area (Å²) in [5.41, 5.74) is 3.26. The Hall–Kier alpha value is -1.55. The second-order valence-electron chi connectivity index (χ2n) is 5.12. The van der Waals surface area contributed by atoms with Crippen LogP contribution in [0.5, 0.6) is 5.75 Å². The monoisotopic (exact) mass is 232 g/mol. The average Bonchev–Trinajstić information content (AvgIpc) is 3.08. The summed E-state index contributed by atoms with van der Waals surface area (Å²) in [5, 5.41) is 1.65. The maximum atomic E-state index is 12.3. The highest BCUT2D eigenvalue weighted by molar-refractivity contribution is 6.01. The summed E-state index contributed by atoms with van der Waals surface area (Å²) in [6.45, 7) is 3.60. The Morgan fingerprint density at radius 2 is 2.06 bits per heavy atom. The molecule has 0 unspecified atom stereocenters. The molecule has 2 aliphatic rings. The van der Waals surface area contributed by atoms with Crippen molar-refractivity contribution in [2.24, 2.45) is 0 Å². The van der Waals surface area contributed by atoms with Crippen molar-refractivity contribution in [2.75, 3.05) is 5.01 Å². The molecule has 1 aromatic rings. The Labute approximate surface area is 101 Å². The van der Waals surface area contributed by atoms with E-state index < -0.39 is 5.60 Å². The lowest BCUT2D eigenvalue weighted by atomic mass is 10.1. The molecule has 0 atom stereocenters. The van der Waals surface area contributed by atoms with E-state index >= 15 is 0 Å². The Bertz CT molecular complexity index is 466. The smallest absolute Gasteiger partial charge is 0.285 e. The predicted molar refractivity (Wildman–Crippen MR) is 64.8 cm³/mol. The minimum Gasteiger partial charge on any atom is -0.476 e. The first-order valence-corrected chi connectivity index (χ1v) is 5.97. The zero-order valence-corrected chi connectivity index (χ0v) is 10.1. The SMILES string of the molecule is CC1(C)Oc2ccccc2N(NC2CC2)C1=O. The Morgan fingerprint density at radius 3 is 2.76 bits per heavy atom. The Morgan fingerprint density at radius 1 is 1.35 bits per heavy atom. The molecule has 1 N–H and O–H groups in total. The summed E-state index contributed by atoms with van der Waals surface area (Å²) in [4.78, 5) is 12.3. The molecule has 0 spiro atoms. The van der Waals surface area contributed by atoms with Gasteiger partial charge in [0.15, 0.2) is 5.60 Å². The van der Waals surface area contributed by atoms with E-state index in [1.54, 1.807) is 18.9 Å². The number of carbonyl (C=O) groups excluding carboxylic acids is 1. The van der Waals surface area contributed by atoms with Crippen molar-refractivity contribution in [1.82, 2.24) is 5.43 Å². The fourth-order valence-electron chi connectivity index (χ4n) is 1.95. The second kappa shape index (κ2) is 3.47. The third-order valence-electron chi connectivity index (χ3n) is 3.08. The summed E-state index contributed by atoms with van der Waals surface area (Å²) in [6, 6.07) is 8.05. The normalized spacial score (nSPS) is 22.0. The zero-order valence-electron chi connectivity index (χ0n) is 10.1. The van der Waals surface area contributed by atoms with Crippen LogP contribution in [-0.2, 0) is 4.79 Å². The summed E-state index contributed by atoms with van der Waals surface area (Å²) >= 11 is 0. The van der Waals surface area contributed by atoms with Crippen molar-refractivity contribution in [3.05, 3.63) is 24.3 Å². The molecule has 3 rings (SSSR count). The highest BCUT2D eigenvalue weighted by Gasteiger charge is 2.42. The van der Waals surface area contributed by atoms with Gasteiger partial charge < -0.3 is 4.74 Å². The zero-order chi connectivity index (χ0) is 12.0. The van der Waals surface area contributed by atoms with E-state index in [9.17, 15) is 4.79 Å². The number of anilines is 1. The van der Waals surface area contributed by atoms with Crippen LogP contribution < -0.4 is 15.2 Å². The molecule has 1 aliphatic carbocycles. The fourth-order valence-corrected chi connectivity index (χ4v) is 1.95. The van der Waals surface area contributed by atoms with Crippen LogP contribution in [0.2, 0.25) is 0 Å². The molecule has 1 heterocycles. The van der Waals surface area contributed by atoms with E-state index in [1.807, 2.05) is 24.3 Å². The van der Waals surface area contributed by atoms with Gasteiger partial charge in [0.25, 0.3) is 5.91 Å². The van der Waals surface area contributed by atoms with E-state index in [2.05, 4.69) is 5.43 Å². The molecule has 1 fully saturated rings. The van der Waals surface area contributed by atoms with Gasteiger partial charge in [-0.1, -0.05) is 12.1 Å². The lowest BCUT2D eigenvalue weighted by Gasteiger charge is -2.38.